The van der Waals surface area contributed by atoms with E-state index in [1.807, 2.05) is 63.2 Å². The number of carbonyl (C=O) groups excluding carboxylic acids is 3. The average molecular weight is 861 g/mol. The van der Waals surface area contributed by atoms with E-state index in [-0.39, 0.29) is 46.9 Å². The molecule has 1 saturated carbocycles. The highest BCUT2D eigenvalue weighted by Gasteiger charge is 2.55. The van der Waals surface area contributed by atoms with E-state index in [1.54, 1.807) is 42.5 Å². The van der Waals surface area contributed by atoms with Crippen LogP contribution in [0.2, 0.25) is 0 Å². The molecule has 12 heteroatoms. The van der Waals surface area contributed by atoms with Crippen molar-refractivity contribution in [3.63, 3.8) is 0 Å². The van der Waals surface area contributed by atoms with Gasteiger partial charge >= 0.3 is 0 Å². The number of nitrogens with one attached hydrogen (secondary N) is 4. The number of sulfonamides is 1. The highest BCUT2D eigenvalue weighted by molar-refractivity contribution is 7.89. The van der Waals surface area contributed by atoms with E-state index in [2.05, 4.69) is 27.6 Å². The van der Waals surface area contributed by atoms with Crippen LogP contribution in [-0.4, -0.2) is 38.2 Å². The third-order valence-electron chi connectivity index (χ3n) is 13.0. The van der Waals surface area contributed by atoms with Crippen molar-refractivity contribution in [1.82, 2.24) is 10.0 Å². The number of hydrogen-bond donors (Lipinski definition) is 4. The second kappa shape index (κ2) is 18.3. The van der Waals surface area contributed by atoms with Gasteiger partial charge in [0, 0.05) is 6.42 Å². The first-order chi connectivity index (χ1) is 29.6. The van der Waals surface area contributed by atoms with Gasteiger partial charge in [0.25, 0.3) is 0 Å². The van der Waals surface area contributed by atoms with Gasteiger partial charge < -0.3 is 16.0 Å². The molecule has 0 unspecified atom stereocenters. The molecule has 1 fully saturated rings. The summed E-state index contributed by atoms with van der Waals surface area (Å²) in [6, 6.07) is 31.4. The van der Waals surface area contributed by atoms with Crippen LogP contribution in [-0.2, 0) is 49.1 Å². The lowest BCUT2D eigenvalue weighted by molar-refractivity contribution is -0.141. The predicted octanol–water partition coefficient (Wildman–Crippen LogP) is 8.99. The van der Waals surface area contributed by atoms with Gasteiger partial charge in [0.1, 0.15) is 23.7 Å². The van der Waals surface area contributed by atoms with Gasteiger partial charge in [-0.15, -0.1) is 0 Å². The van der Waals surface area contributed by atoms with Crippen molar-refractivity contribution in [3.8, 4) is 0 Å². The van der Waals surface area contributed by atoms with Crippen LogP contribution in [0.1, 0.15) is 87.1 Å². The molecule has 3 amide bonds. The minimum Gasteiger partial charge on any atom is -0.343 e. The Morgan fingerprint density at radius 2 is 1.23 bits per heavy atom. The lowest BCUT2D eigenvalue weighted by atomic mass is 9.49. The first-order valence-electron chi connectivity index (χ1n) is 21.3. The molecule has 5 aromatic rings. The predicted molar refractivity (Wildman–Crippen MR) is 238 cm³/mol. The summed E-state index contributed by atoms with van der Waals surface area (Å²) >= 11 is 0. The fraction of sp³-hybridized carbons (Fsp3) is 0.340. The molecule has 5 atom stereocenters. The third kappa shape index (κ3) is 9.36. The van der Waals surface area contributed by atoms with Gasteiger partial charge in [-0.3, -0.25) is 14.4 Å². The summed E-state index contributed by atoms with van der Waals surface area (Å²) in [4.78, 5) is 42.5. The molecule has 0 bridgehead atoms. The normalized spacial score (nSPS) is 20.6. The van der Waals surface area contributed by atoms with Gasteiger partial charge in [0.15, 0.2) is 0 Å². The Labute approximate surface area is 363 Å². The first-order valence-corrected chi connectivity index (χ1v) is 22.8. The Morgan fingerprint density at radius 1 is 0.710 bits per heavy atom. The van der Waals surface area contributed by atoms with E-state index in [9.17, 15) is 31.6 Å². The summed E-state index contributed by atoms with van der Waals surface area (Å²) in [6.07, 6.45) is 3.39. The maximum absolute atomic E-state index is 14.8. The lowest BCUT2D eigenvalue weighted by Crippen LogP contribution is -2.58. The quantitative estimate of drug-likeness (QED) is 0.0885. The highest BCUT2D eigenvalue weighted by atomic mass is 32.2. The van der Waals surface area contributed by atoms with Gasteiger partial charge in [-0.1, -0.05) is 125 Å². The summed E-state index contributed by atoms with van der Waals surface area (Å²) < 4.78 is 61.6. The molecule has 324 valence electrons. The number of fused-ring (bicyclic) bond motifs is 3. The fourth-order valence-electron chi connectivity index (χ4n) is 9.71. The third-order valence-corrected chi connectivity index (χ3v) is 14.5. The van der Waals surface area contributed by atoms with Gasteiger partial charge in [0.2, 0.25) is 27.7 Å². The second-order valence-electron chi connectivity index (χ2n) is 17.5. The molecule has 62 heavy (non-hydrogen) atoms. The minimum atomic E-state index is -4.38. The van der Waals surface area contributed by atoms with Gasteiger partial charge in [-0.25, -0.2) is 17.2 Å². The second-order valence-corrected chi connectivity index (χ2v) is 19.2. The van der Waals surface area contributed by atoms with Crippen molar-refractivity contribution in [2.45, 2.75) is 101 Å². The molecule has 4 N–H and O–H groups in total. The van der Waals surface area contributed by atoms with E-state index in [4.69, 9.17) is 0 Å². The van der Waals surface area contributed by atoms with Gasteiger partial charge in [-0.2, -0.15) is 4.72 Å². The van der Waals surface area contributed by atoms with E-state index in [0.29, 0.717) is 43.2 Å². The number of benzene rings is 5. The topological polar surface area (TPSA) is 133 Å². The Hall–Kier alpha value is -5.72. The zero-order valence-electron chi connectivity index (χ0n) is 35.5. The molecule has 0 saturated heterocycles. The molecular weight excluding hydrogens is 807 g/mol. The Kier molecular flexibility index (Phi) is 13.1. The molecule has 7 rings (SSSR count). The lowest BCUT2D eigenvalue weighted by Gasteiger charge is -2.55. The zero-order chi connectivity index (χ0) is 44.2. The van der Waals surface area contributed by atoms with Crippen molar-refractivity contribution in [3.05, 3.63) is 161 Å². The number of halogens is 2. The number of rotatable bonds is 14. The van der Waals surface area contributed by atoms with Crippen LogP contribution in [0.15, 0.2) is 126 Å². The number of hydrogen-bond acceptors (Lipinski definition) is 5. The summed E-state index contributed by atoms with van der Waals surface area (Å²) in [5, 5.41) is 8.34. The van der Waals surface area contributed by atoms with Crippen LogP contribution >= 0.6 is 0 Å². The number of carbonyl (C=O) groups is 3. The van der Waals surface area contributed by atoms with Crippen molar-refractivity contribution < 1.29 is 31.6 Å². The van der Waals surface area contributed by atoms with Crippen molar-refractivity contribution in [2.75, 3.05) is 10.6 Å². The van der Waals surface area contributed by atoms with Gasteiger partial charge in [0.05, 0.1) is 21.7 Å². The van der Waals surface area contributed by atoms with Crippen molar-refractivity contribution >= 4 is 39.1 Å². The summed E-state index contributed by atoms with van der Waals surface area (Å²) in [5.41, 5.74) is 2.37. The van der Waals surface area contributed by atoms with Crippen LogP contribution in [0.5, 0.6) is 0 Å². The molecule has 9 nitrogen and oxygen atoms in total. The largest absolute Gasteiger partial charge is 0.343 e. The molecule has 0 aliphatic heterocycles. The summed E-state index contributed by atoms with van der Waals surface area (Å²) in [5.74, 6) is -3.20. The summed E-state index contributed by atoms with van der Waals surface area (Å²) in [7, 11) is -4.38. The average Bonchev–Trinajstić information content (AvgIpc) is 3.25. The molecule has 0 spiro atoms. The van der Waals surface area contributed by atoms with E-state index in [0.717, 1.165) is 16.7 Å². The van der Waals surface area contributed by atoms with E-state index >= 15 is 0 Å². The molecule has 0 radical (unpaired) electrons. The van der Waals surface area contributed by atoms with E-state index in [1.165, 1.54) is 36.4 Å². The first kappa shape index (κ1) is 44.3. The van der Waals surface area contributed by atoms with Gasteiger partial charge in [-0.05, 0) is 108 Å². The molecule has 0 heterocycles. The number of amides is 3. The SMILES string of the molecule is CC(C)c1cc2c(cc1S(=O)(=O)N[C@H](Cc1ccccc1)C(=O)Nc1ccccc1F)[C@@]1(C)CCC[C@@](C)(C(=O)N[C@H](Cc3ccccc3)C(=O)Nc3ccccc3F)[C@@H]1CC2. The number of para-hydroxylation sites is 2. The molecular formula is C50H54F2N4O5S. The van der Waals surface area contributed by atoms with Crippen LogP contribution in [0.4, 0.5) is 20.2 Å². The zero-order valence-corrected chi connectivity index (χ0v) is 36.3. The summed E-state index contributed by atoms with van der Waals surface area (Å²) in [6.45, 7) is 7.90. The molecule has 5 aromatic carbocycles. The maximum atomic E-state index is 14.8. The smallest absolute Gasteiger partial charge is 0.247 e. The fourth-order valence-corrected chi connectivity index (χ4v) is 11.3. The molecule has 0 aromatic heterocycles. The Morgan fingerprint density at radius 3 is 1.77 bits per heavy atom. The number of aryl methyl sites for hydroxylation is 1. The highest BCUT2D eigenvalue weighted by Crippen LogP contribution is 2.58. The van der Waals surface area contributed by atoms with E-state index < -0.39 is 56.4 Å². The molecule has 2 aliphatic rings. The number of anilines is 2. The Balaban J connectivity index is 1.20. The molecule has 2 aliphatic carbocycles. The van der Waals surface area contributed by atoms with Crippen molar-refractivity contribution in [1.29, 1.82) is 0 Å². The standard InChI is InChI=1S/C50H54F2N4O5S/c1-32(2)36-30-35-24-25-45-49(3,26-15-27-50(45,4)48(59)55-42(28-33-16-7-5-8-17-33)46(57)53-40-22-13-11-20-38(40)51)37(35)31-44(36)62(60,61)56-43(29-34-18-9-6-10-19-34)47(58)54-41-23-14-12-21-39(41)52/h5-14,16-23,30-32,42-43,45,56H,15,24-29H2,1-4H3,(H,53,57)(H,54,58)(H,55,59)/t42-,43-,45-,49-,50-/m1/s1. The van der Waals surface area contributed by atoms with Crippen LogP contribution in [0.3, 0.4) is 0 Å². The van der Waals surface area contributed by atoms with Crippen LogP contribution < -0.4 is 20.7 Å². The maximum Gasteiger partial charge on any atom is 0.247 e. The monoisotopic (exact) mass is 860 g/mol. The van der Waals surface area contributed by atoms with Crippen molar-refractivity contribution in [2.24, 2.45) is 11.3 Å². The van der Waals surface area contributed by atoms with Crippen LogP contribution in [0, 0.1) is 23.0 Å². The Bertz CT molecular complexity index is 2560. The van der Waals surface area contributed by atoms with Crippen LogP contribution in [0.25, 0.3) is 0 Å². The minimum absolute atomic E-state index is 0.0130.